The zero-order valence-corrected chi connectivity index (χ0v) is 19.4. The van der Waals surface area contributed by atoms with Crippen molar-refractivity contribution in [1.82, 2.24) is 14.5 Å². The van der Waals surface area contributed by atoms with Gasteiger partial charge in [-0.1, -0.05) is 36.4 Å². The van der Waals surface area contributed by atoms with E-state index in [1.165, 1.54) is 0 Å². The number of fused-ring (bicyclic) bond motifs is 14. The number of para-hydroxylation sites is 2. The van der Waals surface area contributed by atoms with E-state index in [0.717, 1.165) is 54.7 Å². The van der Waals surface area contributed by atoms with E-state index in [1.54, 1.807) is 0 Å². The third-order valence-electron chi connectivity index (χ3n) is 8.89. The van der Waals surface area contributed by atoms with Crippen LogP contribution in [0.15, 0.2) is 48.5 Å². The molecule has 5 aromatic rings. The Bertz CT molecular complexity index is 1820. The number of hydrogen-bond acceptors (Lipinski definition) is 4. The fraction of sp³-hybridized carbons (Fsp3) is 0.321. The van der Waals surface area contributed by atoms with Crippen molar-refractivity contribution in [3.05, 3.63) is 59.7 Å². The molecule has 7 nitrogen and oxygen atoms in total. The summed E-state index contributed by atoms with van der Waals surface area (Å²) < 4.78 is 24.4. The highest BCUT2D eigenvalue weighted by molar-refractivity contribution is 6.31. The molecule has 1 amide bonds. The molecular weight excluding hydrogens is 442 g/mol. The first-order valence-electron chi connectivity index (χ1n) is 12.3. The van der Waals surface area contributed by atoms with Gasteiger partial charge in [-0.3, -0.25) is 4.79 Å². The molecule has 4 atom stereocenters. The van der Waals surface area contributed by atoms with Crippen molar-refractivity contribution in [2.24, 2.45) is 0 Å². The van der Waals surface area contributed by atoms with Gasteiger partial charge in [0.25, 0.3) is 5.91 Å². The largest absolute Gasteiger partial charge is 0.350 e. The van der Waals surface area contributed by atoms with Crippen molar-refractivity contribution in [2.75, 3.05) is 6.61 Å². The maximum atomic E-state index is 13.3. The van der Waals surface area contributed by atoms with E-state index in [-0.39, 0.29) is 18.4 Å². The SMILES string of the molecule is CC1OCC2(CC3OC2(C)n2c4ccccc4c4c5c(c6c7ccccc7n3c6c42)C(=O)NC5)O1. The zero-order valence-electron chi connectivity index (χ0n) is 19.4. The van der Waals surface area contributed by atoms with Crippen LogP contribution in [0.25, 0.3) is 43.6 Å². The molecule has 4 aliphatic heterocycles. The number of carbonyl (C=O) groups excluding carboxylic acids is 1. The minimum Gasteiger partial charge on any atom is -0.350 e. The van der Waals surface area contributed by atoms with Crippen LogP contribution in [-0.2, 0) is 26.5 Å². The van der Waals surface area contributed by atoms with Crippen molar-refractivity contribution >= 4 is 49.5 Å². The molecule has 0 aliphatic carbocycles. The van der Waals surface area contributed by atoms with Crippen LogP contribution in [-0.4, -0.2) is 33.5 Å². The summed E-state index contributed by atoms with van der Waals surface area (Å²) in [7, 11) is 0. The Morgan fingerprint density at radius 2 is 1.71 bits per heavy atom. The molecule has 1 spiro atoms. The maximum Gasteiger partial charge on any atom is 0.252 e. The maximum absolute atomic E-state index is 13.3. The summed E-state index contributed by atoms with van der Waals surface area (Å²) in [4.78, 5) is 13.3. The molecule has 4 unspecified atom stereocenters. The summed E-state index contributed by atoms with van der Waals surface area (Å²) in [5.41, 5.74) is 4.80. The molecule has 2 aromatic heterocycles. The number of amides is 1. The normalized spacial score (nSPS) is 31.0. The van der Waals surface area contributed by atoms with E-state index in [4.69, 9.17) is 14.2 Å². The first-order chi connectivity index (χ1) is 17.0. The summed E-state index contributed by atoms with van der Waals surface area (Å²) in [6.07, 6.45) is 0.120. The average Bonchev–Trinajstić information content (AvgIpc) is 3.62. The lowest BCUT2D eigenvalue weighted by Gasteiger charge is -2.39. The van der Waals surface area contributed by atoms with Crippen LogP contribution >= 0.6 is 0 Å². The minimum atomic E-state index is -0.791. The Balaban J connectivity index is 1.61. The zero-order chi connectivity index (χ0) is 23.3. The van der Waals surface area contributed by atoms with Gasteiger partial charge in [0, 0.05) is 34.5 Å². The molecule has 2 fully saturated rings. The van der Waals surface area contributed by atoms with Crippen LogP contribution in [0.1, 0.15) is 42.4 Å². The third-order valence-corrected chi connectivity index (χ3v) is 8.89. The minimum absolute atomic E-state index is 0.000919. The quantitative estimate of drug-likeness (QED) is 0.354. The molecule has 2 bridgehead atoms. The predicted octanol–water partition coefficient (Wildman–Crippen LogP) is 4.88. The second-order valence-corrected chi connectivity index (χ2v) is 10.5. The number of nitrogens with one attached hydrogen (secondary N) is 1. The van der Waals surface area contributed by atoms with E-state index in [1.807, 2.05) is 13.0 Å². The molecule has 174 valence electrons. The lowest BCUT2D eigenvalue weighted by atomic mass is 9.89. The molecule has 7 heteroatoms. The predicted molar refractivity (Wildman–Crippen MR) is 131 cm³/mol. The van der Waals surface area contributed by atoms with Crippen LogP contribution < -0.4 is 5.32 Å². The van der Waals surface area contributed by atoms with Crippen LogP contribution in [0.2, 0.25) is 0 Å². The Morgan fingerprint density at radius 3 is 2.49 bits per heavy atom. The number of hydrogen-bond donors (Lipinski definition) is 1. The average molecular weight is 466 g/mol. The number of rotatable bonds is 0. The number of aromatic nitrogens is 2. The Hall–Kier alpha value is -3.39. The first kappa shape index (κ1) is 18.9. The third kappa shape index (κ3) is 1.87. The fourth-order valence-electron chi connectivity index (χ4n) is 7.50. The van der Waals surface area contributed by atoms with E-state index >= 15 is 0 Å². The van der Waals surface area contributed by atoms with Gasteiger partial charge in [0.1, 0.15) is 11.8 Å². The van der Waals surface area contributed by atoms with Crippen molar-refractivity contribution in [1.29, 1.82) is 0 Å². The summed E-state index contributed by atoms with van der Waals surface area (Å²) in [5.74, 6) is 0.000919. The molecule has 4 aliphatic rings. The van der Waals surface area contributed by atoms with Gasteiger partial charge in [0.05, 0.1) is 34.2 Å². The Morgan fingerprint density at radius 1 is 0.971 bits per heavy atom. The highest BCUT2D eigenvalue weighted by Crippen LogP contribution is 2.59. The topological polar surface area (TPSA) is 66.7 Å². The Labute approximate surface area is 200 Å². The van der Waals surface area contributed by atoms with Crippen molar-refractivity contribution in [2.45, 2.75) is 50.7 Å². The molecule has 6 heterocycles. The van der Waals surface area contributed by atoms with Gasteiger partial charge in [0.2, 0.25) is 0 Å². The molecular formula is C28H23N3O4. The molecule has 2 saturated heterocycles. The second kappa shape index (κ2) is 5.70. The van der Waals surface area contributed by atoms with E-state index in [2.05, 4.69) is 63.8 Å². The highest BCUT2D eigenvalue weighted by Gasteiger charge is 2.65. The highest BCUT2D eigenvalue weighted by atomic mass is 16.7. The number of ether oxygens (including phenoxy) is 3. The van der Waals surface area contributed by atoms with Crippen LogP contribution in [0.4, 0.5) is 0 Å². The molecule has 9 rings (SSSR count). The van der Waals surface area contributed by atoms with Crippen molar-refractivity contribution in [3.8, 4) is 0 Å². The fourth-order valence-corrected chi connectivity index (χ4v) is 7.50. The van der Waals surface area contributed by atoms with E-state index < -0.39 is 11.3 Å². The van der Waals surface area contributed by atoms with Gasteiger partial charge in [-0.2, -0.15) is 0 Å². The summed E-state index contributed by atoms with van der Waals surface area (Å²) in [6, 6.07) is 16.8. The number of benzene rings is 3. The molecule has 35 heavy (non-hydrogen) atoms. The number of carbonyl (C=O) groups is 1. The standard InChI is InChI=1S/C28H23N3O4/c1-14-33-13-28(34-14)11-20-30-18-9-5-3-7-15(18)22-23-17(12-29-26(23)32)21-16-8-4-6-10-19(16)31(25(21)24(22)30)27(28,2)35-20/h3-10,14,20H,11-13H2,1-2H3,(H,29,32). The molecule has 3 aromatic carbocycles. The van der Waals surface area contributed by atoms with Gasteiger partial charge < -0.3 is 28.7 Å². The van der Waals surface area contributed by atoms with Gasteiger partial charge in [-0.25, -0.2) is 0 Å². The number of nitrogens with zero attached hydrogens (tertiary/aromatic N) is 2. The Kier molecular flexibility index (Phi) is 3.07. The lowest BCUT2D eigenvalue weighted by molar-refractivity contribution is -0.190. The van der Waals surface area contributed by atoms with E-state index in [0.29, 0.717) is 19.6 Å². The monoisotopic (exact) mass is 465 g/mol. The van der Waals surface area contributed by atoms with Crippen LogP contribution in [0.3, 0.4) is 0 Å². The molecule has 1 N–H and O–H groups in total. The van der Waals surface area contributed by atoms with E-state index in [9.17, 15) is 4.79 Å². The smallest absolute Gasteiger partial charge is 0.252 e. The summed E-state index contributed by atoms with van der Waals surface area (Å²) >= 11 is 0. The lowest BCUT2D eigenvalue weighted by Crippen LogP contribution is -2.52. The molecule has 0 saturated carbocycles. The summed E-state index contributed by atoms with van der Waals surface area (Å²) in [5, 5.41) is 7.49. The summed E-state index contributed by atoms with van der Waals surface area (Å²) in [6.45, 7) is 5.10. The van der Waals surface area contributed by atoms with Crippen LogP contribution in [0.5, 0.6) is 0 Å². The van der Waals surface area contributed by atoms with Crippen LogP contribution in [0, 0.1) is 0 Å². The van der Waals surface area contributed by atoms with Gasteiger partial charge in [-0.15, -0.1) is 0 Å². The first-order valence-corrected chi connectivity index (χ1v) is 12.3. The van der Waals surface area contributed by atoms with Gasteiger partial charge >= 0.3 is 0 Å². The van der Waals surface area contributed by atoms with Gasteiger partial charge in [-0.05, 0) is 31.5 Å². The van der Waals surface area contributed by atoms with Gasteiger partial charge in [0.15, 0.2) is 12.0 Å². The van der Waals surface area contributed by atoms with Crippen molar-refractivity contribution in [3.63, 3.8) is 0 Å². The molecule has 0 radical (unpaired) electrons. The second-order valence-electron chi connectivity index (χ2n) is 10.5. The van der Waals surface area contributed by atoms with Crippen molar-refractivity contribution < 1.29 is 19.0 Å².